The molecule has 0 unspecified atom stereocenters. The Morgan fingerprint density at radius 1 is 0.960 bits per heavy atom. The van der Waals surface area contributed by atoms with Gasteiger partial charge in [-0.3, -0.25) is 4.79 Å². The van der Waals surface area contributed by atoms with Crippen LogP contribution in [0, 0.1) is 0 Å². The molecule has 0 aromatic heterocycles. The van der Waals surface area contributed by atoms with Gasteiger partial charge in [-0.1, -0.05) is 67.7 Å². The number of rotatable bonds is 13. The van der Waals surface area contributed by atoms with E-state index in [1.54, 1.807) is 0 Å². The lowest BCUT2D eigenvalue weighted by Crippen LogP contribution is -1.91. The zero-order valence-electron chi connectivity index (χ0n) is 15.1. The lowest BCUT2D eigenvalue weighted by atomic mass is 10.2. The summed E-state index contributed by atoms with van der Waals surface area (Å²) in [5, 5.41) is 8.50. The second-order valence-corrected chi connectivity index (χ2v) is 5.77. The van der Waals surface area contributed by atoms with Crippen molar-refractivity contribution in [2.24, 2.45) is 0 Å². The van der Waals surface area contributed by atoms with E-state index in [1.807, 2.05) is 12.2 Å². The summed E-state index contributed by atoms with van der Waals surface area (Å²) in [4.78, 5) is 10.3. The number of epoxide rings is 1. The van der Waals surface area contributed by atoms with Crippen molar-refractivity contribution in [3.05, 3.63) is 72.6 Å². The number of hydrogen-bond donors (Lipinski definition) is 1. The molecule has 3 nitrogen and oxygen atoms in total. The molecule has 1 saturated heterocycles. The number of hydrogen-bond acceptors (Lipinski definition) is 2. The topological polar surface area (TPSA) is 49.8 Å². The maximum Gasteiger partial charge on any atom is 0.303 e. The highest BCUT2D eigenvalue weighted by molar-refractivity contribution is 5.66. The fourth-order valence-electron chi connectivity index (χ4n) is 2.11. The van der Waals surface area contributed by atoms with Gasteiger partial charge in [-0.05, 0) is 38.2 Å². The lowest BCUT2D eigenvalue weighted by molar-refractivity contribution is -0.136. The third-order valence-corrected chi connectivity index (χ3v) is 3.53. The minimum atomic E-state index is -0.746. The molecule has 0 amide bonds. The quantitative estimate of drug-likeness (QED) is 0.335. The molecule has 1 atom stereocenters. The van der Waals surface area contributed by atoms with E-state index in [0.29, 0.717) is 12.5 Å². The Balaban J connectivity index is 2.00. The van der Waals surface area contributed by atoms with Gasteiger partial charge in [-0.15, -0.1) is 0 Å². The van der Waals surface area contributed by atoms with Crippen LogP contribution < -0.4 is 0 Å². The molecule has 1 N–H and O–H groups in total. The van der Waals surface area contributed by atoms with Gasteiger partial charge < -0.3 is 9.84 Å². The monoisotopic (exact) mass is 342 g/mol. The predicted octanol–water partition coefficient (Wildman–Crippen LogP) is 5.89. The number of aliphatic carboxylic acids is 1. The van der Waals surface area contributed by atoms with Crippen molar-refractivity contribution in [3.8, 4) is 0 Å². The van der Waals surface area contributed by atoms with Gasteiger partial charge in [-0.25, -0.2) is 0 Å². The van der Waals surface area contributed by atoms with Crippen molar-refractivity contribution >= 4 is 5.97 Å². The van der Waals surface area contributed by atoms with Crippen LogP contribution in [-0.4, -0.2) is 17.2 Å². The molecule has 1 rings (SSSR count). The Bertz CT molecular complexity index is 548. The van der Waals surface area contributed by atoms with Crippen LogP contribution in [0.5, 0.6) is 0 Å². The number of carboxylic acids is 1. The van der Waals surface area contributed by atoms with Crippen LogP contribution in [0.15, 0.2) is 72.6 Å². The van der Waals surface area contributed by atoms with Crippen molar-refractivity contribution in [2.45, 2.75) is 58.0 Å². The number of carbonyl (C=O) groups is 1. The molecule has 0 aliphatic carbocycles. The van der Waals surface area contributed by atoms with E-state index in [4.69, 9.17) is 9.84 Å². The fraction of sp³-hybridized carbons (Fsp3) is 0.409. The largest absolute Gasteiger partial charge is 0.483 e. The molecule has 0 saturated carbocycles. The number of allylic oxidation sites excluding steroid dienone is 10. The summed E-state index contributed by atoms with van der Waals surface area (Å²) in [6.07, 6.45) is 28.9. The summed E-state index contributed by atoms with van der Waals surface area (Å²) in [6.45, 7) is 2.13. The molecule has 1 heterocycles. The molecule has 1 aliphatic heterocycles. The molecule has 25 heavy (non-hydrogen) atoms. The molecule has 0 aromatic rings. The molecule has 3 heteroatoms. The Morgan fingerprint density at radius 2 is 1.60 bits per heavy atom. The first-order valence-electron chi connectivity index (χ1n) is 9.09. The molecule has 1 aliphatic rings. The minimum absolute atomic E-state index is 0.204. The summed E-state index contributed by atoms with van der Waals surface area (Å²) in [6, 6.07) is 0. The highest BCUT2D eigenvalue weighted by Gasteiger charge is 2.29. The Labute approximate surface area is 151 Å². The zero-order valence-corrected chi connectivity index (χ0v) is 15.1. The SMILES string of the molecule is CC/C=C\C[C@@H]1O/C1=C/C=C\C/C=C\C/C=C\C/C=C\CCC(=O)O. The smallest absolute Gasteiger partial charge is 0.303 e. The van der Waals surface area contributed by atoms with Gasteiger partial charge in [0.05, 0.1) is 0 Å². The molecule has 0 spiro atoms. The number of ether oxygens (including phenoxy) is 1. The molecular formula is C22H30O3. The maximum absolute atomic E-state index is 10.3. The lowest BCUT2D eigenvalue weighted by Gasteiger charge is -1.87. The predicted molar refractivity (Wildman–Crippen MR) is 104 cm³/mol. The normalized spacial score (nSPS) is 19.2. The summed E-state index contributed by atoms with van der Waals surface area (Å²) in [7, 11) is 0. The fourth-order valence-corrected chi connectivity index (χ4v) is 2.11. The van der Waals surface area contributed by atoms with Crippen LogP contribution in [0.2, 0.25) is 0 Å². The Hall–Kier alpha value is -2.29. The van der Waals surface area contributed by atoms with Gasteiger partial charge in [0.1, 0.15) is 5.76 Å². The Kier molecular flexibility index (Phi) is 11.7. The van der Waals surface area contributed by atoms with Crippen LogP contribution in [0.25, 0.3) is 0 Å². The average molecular weight is 342 g/mol. The number of carboxylic acid groups (broad SMARTS) is 1. The van der Waals surface area contributed by atoms with E-state index < -0.39 is 5.97 Å². The summed E-state index contributed by atoms with van der Waals surface area (Å²) in [5.74, 6) is 0.338. The summed E-state index contributed by atoms with van der Waals surface area (Å²) < 4.78 is 5.48. The first-order chi connectivity index (χ1) is 12.2. The van der Waals surface area contributed by atoms with Gasteiger partial charge >= 0.3 is 5.97 Å². The second kappa shape index (κ2) is 14.1. The molecule has 0 aromatic carbocycles. The second-order valence-electron chi connectivity index (χ2n) is 5.77. The van der Waals surface area contributed by atoms with Crippen molar-refractivity contribution in [3.63, 3.8) is 0 Å². The maximum atomic E-state index is 10.3. The van der Waals surface area contributed by atoms with Crippen molar-refractivity contribution in [1.29, 1.82) is 0 Å². The molecule has 136 valence electrons. The van der Waals surface area contributed by atoms with Crippen LogP contribution in [0.4, 0.5) is 0 Å². The van der Waals surface area contributed by atoms with Crippen molar-refractivity contribution < 1.29 is 14.6 Å². The van der Waals surface area contributed by atoms with Crippen LogP contribution in [0.1, 0.15) is 51.9 Å². The van der Waals surface area contributed by atoms with Gasteiger partial charge in [0.2, 0.25) is 0 Å². The first-order valence-corrected chi connectivity index (χ1v) is 9.09. The van der Waals surface area contributed by atoms with Gasteiger partial charge in [-0.2, -0.15) is 0 Å². The van der Waals surface area contributed by atoms with E-state index >= 15 is 0 Å². The standard InChI is InChI=1S/C22H30O3/c1-2-3-14-17-20-21(25-20)18-15-12-10-8-6-4-5-7-9-11-13-16-19-22(23)24/h3,5-8,11-15,18,20H,2,4,9-10,16-17,19H2,1H3,(H,23,24)/b7-5-,8-6-,13-11-,14-3-,15-12-,21-18+/t20-/m0/s1. The van der Waals surface area contributed by atoms with E-state index in [1.165, 1.54) is 0 Å². The Morgan fingerprint density at radius 3 is 2.24 bits per heavy atom. The van der Waals surface area contributed by atoms with Crippen LogP contribution in [0.3, 0.4) is 0 Å². The first kappa shape index (κ1) is 20.8. The van der Waals surface area contributed by atoms with Gasteiger partial charge in [0.25, 0.3) is 0 Å². The van der Waals surface area contributed by atoms with Crippen LogP contribution in [-0.2, 0) is 9.53 Å². The zero-order chi connectivity index (χ0) is 18.2. The van der Waals surface area contributed by atoms with Crippen molar-refractivity contribution in [2.75, 3.05) is 0 Å². The molecular weight excluding hydrogens is 312 g/mol. The average Bonchev–Trinajstić information content (AvgIpc) is 3.33. The third-order valence-electron chi connectivity index (χ3n) is 3.53. The van der Waals surface area contributed by atoms with E-state index in [2.05, 4.69) is 61.6 Å². The molecule has 0 bridgehead atoms. The molecule has 1 fully saturated rings. The highest BCUT2D eigenvalue weighted by Crippen LogP contribution is 2.30. The molecule has 0 radical (unpaired) electrons. The third kappa shape index (κ3) is 12.8. The summed E-state index contributed by atoms with van der Waals surface area (Å²) in [5.41, 5.74) is 0. The highest BCUT2D eigenvalue weighted by atomic mass is 16.6. The van der Waals surface area contributed by atoms with Crippen molar-refractivity contribution in [1.82, 2.24) is 0 Å². The van der Waals surface area contributed by atoms with E-state index in [-0.39, 0.29) is 6.42 Å². The van der Waals surface area contributed by atoms with Crippen LogP contribution >= 0.6 is 0 Å². The summed E-state index contributed by atoms with van der Waals surface area (Å²) >= 11 is 0. The van der Waals surface area contributed by atoms with E-state index in [9.17, 15) is 4.79 Å². The minimum Gasteiger partial charge on any atom is -0.483 e. The van der Waals surface area contributed by atoms with Gasteiger partial charge in [0.15, 0.2) is 6.10 Å². The van der Waals surface area contributed by atoms with E-state index in [0.717, 1.165) is 37.9 Å². The van der Waals surface area contributed by atoms with Gasteiger partial charge in [0, 0.05) is 12.8 Å².